The predicted octanol–water partition coefficient (Wildman–Crippen LogP) is 3.44. The highest BCUT2D eigenvalue weighted by molar-refractivity contribution is 5.88. The Morgan fingerprint density at radius 1 is 1.35 bits per heavy atom. The maximum Gasteiger partial charge on any atom is 0.221 e. The predicted molar refractivity (Wildman–Crippen MR) is 92.6 cm³/mol. The van der Waals surface area contributed by atoms with Gasteiger partial charge in [-0.25, -0.2) is 0 Å². The molecule has 2 N–H and O–H groups in total. The van der Waals surface area contributed by atoms with Crippen LogP contribution in [0.15, 0.2) is 24.3 Å². The van der Waals surface area contributed by atoms with Gasteiger partial charge in [0.05, 0.1) is 0 Å². The van der Waals surface area contributed by atoms with Crippen LogP contribution in [0.2, 0.25) is 0 Å². The summed E-state index contributed by atoms with van der Waals surface area (Å²) in [5.41, 5.74) is 1.20. The van der Waals surface area contributed by atoms with Crippen LogP contribution in [-0.4, -0.2) is 25.1 Å². The summed E-state index contributed by atoms with van der Waals surface area (Å²) in [7, 11) is 0. The minimum absolute atomic E-state index is 0.0675. The first-order valence-electron chi connectivity index (χ1n) is 8.72. The van der Waals surface area contributed by atoms with Crippen molar-refractivity contribution in [3.63, 3.8) is 0 Å². The van der Waals surface area contributed by atoms with Crippen molar-refractivity contribution in [3.05, 3.63) is 24.3 Å². The Labute approximate surface area is 139 Å². The zero-order valence-electron chi connectivity index (χ0n) is 14.4. The molecule has 2 fully saturated rings. The van der Waals surface area contributed by atoms with Crippen LogP contribution in [0.3, 0.4) is 0 Å². The molecule has 1 unspecified atom stereocenters. The number of fused-ring (bicyclic) bond motifs is 1. The Kier molecular flexibility index (Phi) is 4.62. The zero-order valence-corrected chi connectivity index (χ0v) is 14.4. The van der Waals surface area contributed by atoms with E-state index in [-0.39, 0.29) is 5.91 Å². The van der Waals surface area contributed by atoms with E-state index in [1.165, 1.54) is 26.2 Å². The zero-order chi connectivity index (χ0) is 16.4. The highest BCUT2D eigenvalue weighted by atomic mass is 16.5. The molecule has 2 saturated carbocycles. The van der Waals surface area contributed by atoms with Gasteiger partial charge in [-0.1, -0.05) is 26.3 Å². The summed E-state index contributed by atoms with van der Waals surface area (Å²) in [5.74, 6) is 2.51. The topological polar surface area (TPSA) is 50.4 Å². The molecule has 4 heteroatoms. The van der Waals surface area contributed by atoms with Crippen molar-refractivity contribution >= 4 is 11.6 Å². The molecule has 23 heavy (non-hydrogen) atoms. The number of rotatable bonds is 6. The molecule has 0 aliphatic heterocycles. The lowest BCUT2D eigenvalue weighted by molar-refractivity contribution is -0.114. The Bertz CT molecular complexity index is 570. The second-order valence-electron chi connectivity index (χ2n) is 7.51. The number of hydrogen-bond acceptors (Lipinski definition) is 3. The van der Waals surface area contributed by atoms with Gasteiger partial charge >= 0.3 is 0 Å². The molecular formula is C19H28N2O2. The lowest BCUT2D eigenvalue weighted by Gasteiger charge is -2.56. The standard InChI is InChI=1S/C19H28N2O2/c1-13(22)21-14-6-4-7-15(12-14)23-11-10-20-18-16-8-5-9-17(16)19(18,2)3/h4,6-7,12,16-18,20H,5,8-11H2,1-3H3,(H,21,22)/t16-,17+,18?/m1/s1. The summed E-state index contributed by atoms with van der Waals surface area (Å²) >= 11 is 0. The van der Waals surface area contributed by atoms with Crippen molar-refractivity contribution in [3.8, 4) is 5.75 Å². The normalized spacial score (nSPS) is 27.9. The van der Waals surface area contributed by atoms with Crippen molar-refractivity contribution < 1.29 is 9.53 Å². The van der Waals surface area contributed by atoms with Gasteiger partial charge in [0.2, 0.25) is 5.91 Å². The minimum atomic E-state index is -0.0675. The number of benzene rings is 1. The van der Waals surface area contributed by atoms with Gasteiger partial charge in [0, 0.05) is 31.3 Å². The second-order valence-corrected chi connectivity index (χ2v) is 7.51. The van der Waals surface area contributed by atoms with Gasteiger partial charge in [0.1, 0.15) is 12.4 Å². The summed E-state index contributed by atoms with van der Waals surface area (Å²) in [4.78, 5) is 11.1. The van der Waals surface area contributed by atoms with Crippen LogP contribution in [0, 0.1) is 17.3 Å². The molecule has 0 heterocycles. The van der Waals surface area contributed by atoms with E-state index in [1.54, 1.807) is 0 Å². The third-order valence-corrected chi connectivity index (χ3v) is 5.64. The molecule has 2 aliphatic rings. The number of amides is 1. The van der Waals surface area contributed by atoms with Crippen LogP contribution in [0.25, 0.3) is 0 Å². The second kappa shape index (κ2) is 6.52. The first kappa shape index (κ1) is 16.3. The summed E-state index contributed by atoms with van der Waals surface area (Å²) in [6.45, 7) is 7.81. The van der Waals surface area contributed by atoms with Crippen molar-refractivity contribution in [2.24, 2.45) is 17.3 Å². The molecule has 3 atom stereocenters. The molecule has 1 amide bonds. The number of carbonyl (C=O) groups is 1. The molecule has 0 bridgehead atoms. The molecule has 0 saturated heterocycles. The molecule has 4 nitrogen and oxygen atoms in total. The van der Waals surface area contributed by atoms with E-state index < -0.39 is 0 Å². The minimum Gasteiger partial charge on any atom is -0.492 e. The van der Waals surface area contributed by atoms with E-state index in [2.05, 4.69) is 24.5 Å². The van der Waals surface area contributed by atoms with Gasteiger partial charge in [-0.2, -0.15) is 0 Å². The summed E-state index contributed by atoms with van der Waals surface area (Å²) in [5, 5.41) is 6.48. The van der Waals surface area contributed by atoms with Crippen LogP contribution < -0.4 is 15.4 Å². The first-order valence-corrected chi connectivity index (χ1v) is 8.72. The average Bonchev–Trinajstić information content (AvgIpc) is 2.93. The first-order chi connectivity index (χ1) is 11.0. The van der Waals surface area contributed by atoms with Crippen LogP contribution >= 0.6 is 0 Å². The largest absolute Gasteiger partial charge is 0.492 e. The summed E-state index contributed by atoms with van der Waals surface area (Å²) < 4.78 is 5.81. The molecule has 0 spiro atoms. The Balaban J connectivity index is 1.44. The molecule has 2 aliphatic carbocycles. The molecule has 1 aromatic carbocycles. The Morgan fingerprint density at radius 2 is 2.17 bits per heavy atom. The van der Waals surface area contributed by atoms with E-state index in [0.29, 0.717) is 18.1 Å². The van der Waals surface area contributed by atoms with E-state index in [0.717, 1.165) is 29.8 Å². The van der Waals surface area contributed by atoms with Gasteiger partial charge in [-0.15, -0.1) is 0 Å². The fourth-order valence-electron chi connectivity index (χ4n) is 4.64. The summed E-state index contributed by atoms with van der Waals surface area (Å²) in [6, 6.07) is 8.17. The van der Waals surface area contributed by atoms with Crippen molar-refractivity contribution in [1.29, 1.82) is 0 Å². The van der Waals surface area contributed by atoms with Gasteiger partial charge in [0.25, 0.3) is 0 Å². The van der Waals surface area contributed by atoms with E-state index in [4.69, 9.17) is 4.74 Å². The van der Waals surface area contributed by atoms with Crippen LogP contribution in [0.1, 0.15) is 40.0 Å². The average molecular weight is 316 g/mol. The molecule has 1 aromatic rings. The number of ether oxygens (including phenoxy) is 1. The van der Waals surface area contributed by atoms with Crippen LogP contribution in [0.5, 0.6) is 5.75 Å². The van der Waals surface area contributed by atoms with Crippen LogP contribution in [-0.2, 0) is 4.79 Å². The van der Waals surface area contributed by atoms with E-state index >= 15 is 0 Å². The number of nitrogens with one attached hydrogen (secondary N) is 2. The smallest absolute Gasteiger partial charge is 0.221 e. The lowest BCUT2D eigenvalue weighted by Crippen LogP contribution is -2.62. The fraction of sp³-hybridized carbons (Fsp3) is 0.632. The molecule has 0 radical (unpaired) electrons. The lowest BCUT2D eigenvalue weighted by atomic mass is 9.53. The number of hydrogen-bond donors (Lipinski definition) is 2. The molecule has 126 valence electrons. The van der Waals surface area contributed by atoms with Crippen LogP contribution in [0.4, 0.5) is 5.69 Å². The highest BCUT2D eigenvalue weighted by Crippen LogP contribution is 2.58. The maximum atomic E-state index is 11.1. The number of carbonyl (C=O) groups excluding carboxylic acids is 1. The Hall–Kier alpha value is -1.55. The maximum absolute atomic E-state index is 11.1. The van der Waals surface area contributed by atoms with Crippen molar-refractivity contribution in [2.45, 2.75) is 46.1 Å². The SMILES string of the molecule is CC(=O)Nc1cccc(OCCNC2[C@@H]3CCC[C@@H]3C2(C)C)c1. The van der Waals surface area contributed by atoms with Gasteiger partial charge in [0.15, 0.2) is 0 Å². The fourth-order valence-corrected chi connectivity index (χ4v) is 4.64. The van der Waals surface area contributed by atoms with E-state index in [1.807, 2.05) is 24.3 Å². The molecule has 3 rings (SSSR count). The molecular weight excluding hydrogens is 288 g/mol. The Morgan fingerprint density at radius 3 is 2.96 bits per heavy atom. The summed E-state index contributed by atoms with van der Waals surface area (Å²) in [6.07, 6.45) is 4.18. The van der Waals surface area contributed by atoms with Gasteiger partial charge < -0.3 is 15.4 Å². The molecule has 0 aromatic heterocycles. The van der Waals surface area contributed by atoms with Crippen molar-refractivity contribution in [2.75, 3.05) is 18.5 Å². The number of anilines is 1. The quantitative estimate of drug-likeness (QED) is 0.791. The van der Waals surface area contributed by atoms with E-state index in [9.17, 15) is 4.79 Å². The highest BCUT2D eigenvalue weighted by Gasteiger charge is 2.57. The van der Waals surface area contributed by atoms with Gasteiger partial charge in [-0.05, 0) is 42.2 Å². The third kappa shape index (κ3) is 3.37. The third-order valence-electron chi connectivity index (χ3n) is 5.64. The monoisotopic (exact) mass is 316 g/mol. The van der Waals surface area contributed by atoms with Crippen molar-refractivity contribution in [1.82, 2.24) is 5.32 Å². The van der Waals surface area contributed by atoms with Gasteiger partial charge in [-0.3, -0.25) is 4.79 Å².